The molecule has 1 N–H and O–H groups in total. The zero-order valence-corrected chi connectivity index (χ0v) is 18.0. The molecule has 4 nitrogen and oxygen atoms in total. The van der Waals surface area contributed by atoms with E-state index in [4.69, 9.17) is 21.3 Å². The van der Waals surface area contributed by atoms with Gasteiger partial charge in [-0.15, -0.1) is 0 Å². The maximum Gasteiger partial charge on any atom is 0.337 e. The third-order valence-electron chi connectivity index (χ3n) is 6.15. The average Bonchev–Trinajstić information content (AvgIpc) is 3.17. The average molecular weight is 431 g/mol. The standard InChI is InChI=1S/C26H23ClN2O2/c1-17-7-9-19(10-8-17)26(25(30)31-16-18-5-3-2-4-6-18)24-21(13-14-28-26)22-15-20(27)11-12-23(22)29-24/h2-12,15,21,28H,13-14,16H2,1H3. The van der Waals surface area contributed by atoms with Crippen molar-refractivity contribution in [3.8, 4) is 0 Å². The Kier molecular flexibility index (Phi) is 5.12. The smallest absolute Gasteiger partial charge is 0.337 e. The first-order valence-electron chi connectivity index (χ1n) is 10.5. The lowest BCUT2D eigenvalue weighted by Crippen LogP contribution is -2.60. The molecular weight excluding hydrogens is 408 g/mol. The second-order valence-electron chi connectivity index (χ2n) is 8.15. The van der Waals surface area contributed by atoms with Crippen molar-refractivity contribution in [2.24, 2.45) is 4.99 Å². The van der Waals surface area contributed by atoms with Crippen molar-refractivity contribution in [2.75, 3.05) is 6.54 Å². The monoisotopic (exact) mass is 430 g/mol. The Balaban J connectivity index is 1.58. The van der Waals surface area contributed by atoms with Crippen molar-refractivity contribution in [1.82, 2.24) is 5.32 Å². The summed E-state index contributed by atoms with van der Waals surface area (Å²) in [6.45, 7) is 2.92. The van der Waals surface area contributed by atoms with E-state index in [1.807, 2.05) is 79.7 Å². The third kappa shape index (κ3) is 3.46. The largest absolute Gasteiger partial charge is 0.459 e. The van der Waals surface area contributed by atoms with Gasteiger partial charge in [0, 0.05) is 10.9 Å². The van der Waals surface area contributed by atoms with Gasteiger partial charge in [0.05, 0.1) is 11.4 Å². The van der Waals surface area contributed by atoms with Gasteiger partial charge >= 0.3 is 5.97 Å². The number of halogens is 1. The molecule has 31 heavy (non-hydrogen) atoms. The Morgan fingerprint density at radius 3 is 2.68 bits per heavy atom. The van der Waals surface area contributed by atoms with Crippen LogP contribution in [0.1, 0.15) is 34.6 Å². The molecule has 3 aromatic rings. The van der Waals surface area contributed by atoms with E-state index < -0.39 is 5.54 Å². The molecule has 0 aliphatic carbocycles. The number of hydrogen-bond donors (Lipinski definition) is 1. The second-order valence-corrected chi connectivity index (χ2v) is 8.58. The number of aryl methyl sites for hydroxylation is 1. The fourth-order valence-electron chi connectivity index (χ4n) is 4.57. The number of nitrogens with zero attached hydrogens (tertiary/aromatic N) is 1. The van der Waals surface area contributed by atoms with E-state index >= 15 is 0 Å². The number of benzene rings is 3. The van der Waals surface area contributed by atoms with Crippen LogP contribution in [0, 0.1) is 6.92 Å². The maximum absolute atomic E-state index is 13.7. The fraction of sp³-hybridized carbons (Fsp3) is 0.231. The minimum absolute atomic E-state index is 0.0283. The molecule has 1 fully saturated rings. The van der Waals surface area contributed by atoms with E-state index in [1.54, 1.807) is 0 Å². The second kappa shape index (κ2) is 7.95. The van der Waals surface area contributed by atoms with Crippen LogP contribution in [0.15, 0.2) is 77.8 Å². The minimum Gasteiger partial charge on any atom is -0.459 e. The first-order chi connectivity index (χ1) is 15.1. The van der Waals surface area contributed by atoms with Crippen molar-refractivity contribution in [2.45, 2.75) is 31.4 Å². The van der Waals surface area contributed by atoms with Gasteiger partial charge in [-0.1, -0.05) is 71.8 Å². The summed E-state index contributed by atoms with van der Waals surface area (Å²) in [4.78, 5) is 18.7. The molecule has 0 spiro atoms. The van der Waals surface area contributed by atoms with Crippen LogP contribution in [0.25, 0.3) is 0 Å². The van der Waals surface area contributed by atoms with Crippen molar-refractivity contribution in [1.29, 1.82) is 0 Å². The number of piperidine rings is 1. The highest BCUT2D eigenvalue weighted by molar-refractivity contribution is 6.31. The van der Waals surface area contributed by atoms with Gasteiger partial charge in [-0.3, -0.25) is 10.3 Å². The van der Waals surface area contributed by atoms with Crippen molar-refractivity contribution < 1.29 is 9.53 Å². The van der Waals surface area contributed by atoms with E-state index in [2.05, 4.69) is 5.32 Å². The van der Waals surface area contributed by atoms with E-state index in [0.29, 0.717) is 11.6 Å². The highest BCUT2D eigenvalue weighted by Gasteiger charge is 2.53. The minimum atomic E-state index is -1.13. The molecule has 0 bridgehead atoms. The van der Waals surface area contributed by atoms with Crippen LogP contribution in [0.3, 0.4) is 0 Å². The molecular formula is C26H23ClN2O2. The number of aliphatic imine (C=N–C) groups is 1. The zero-order chi connectivity index (χ0) is 21.4. The molecule has 0 amide bonds. The van der Waals surface area contributed by atoms with Crippen LogP contribution >= 0.6 is 11.6 Å². The predicted octanol–water partition coefficient (Wildman–Crippen LogP) is 5.45. The summed E-state index contributed by atoms with van der Waals surface area (Å²) in [5, 5.41) is 4.17. The van der Waals surface area contributed by atoms with Gasteiger partial charge in [0.1, 0.15) is 6.61 Å². The highest BCUT2D eigenvalue weighted by atomic mass is 35.5. The van der Waals surface area contributed by atoms with Crippen LogP contribution in [-0.4, -0.2) is 18.2 Å². The van der Waals surface area contributed by atoms with Crippen LogP contribution in [0.5, 0.6) is 0 Å². The Bertz CT molecular complexity index is 1160. The van der Waals surface area contributed by atoms with Crippen molar-refractivity contribution in [3.05, 3.63) is 100 Å². The normalized spacial score (nSPS) is 21.7. The Hall–Kier alpha value is -2.95. The molecule has 2 aliphatic heterocycles. The molecule has 156 valence electrons. The lowest BCUT2D eigenvalue weighted by molar-refractivity contribution is -0.150. The van der Waals surface area contributed by atoms with Gasteiger partial charge in [-0.05, 0) is 54.8 Å². The van der Waals surface area contributed by atoms with Crippen LogP contribution in [0.2, 0.25) is 5.02 Å². The molecule has 2 heterocycles. The number of nitrogens with one attached hydrogen (secondary N) is 1. The third-order valence-corrected chi connectivity index (χ3v) is 6.38. The van der Waals surface area contributed by atoms with Gasteiger partial charge in [0.15, 0.2) is 5.54 Å². The molecule has 0 radical (unpaired) electrons. The molecule has 3 aromatic carbocycles. The van der Waals surface area contributed by atoms with Crippen molar-refractivity contribution in [3.63, 3.8) is 0 Å². The number of carbonyl (C=O) groups is 1. The van der Waals surface area contributed by atoms with Crippen LogP contribution < -0.4 is 5.32 Å². The summed E-state index contributed by atoms with van der Waals surface area (Å²) >= 11 is 6.28. The van der Waals surface area contributed by atoms with E-state index in [-0.39, 0.29) is 18.5 Å². The lowest BCUT2D eigenvalue weighted by Gasteiger charge is -2.40. The number of ether oxygens (including phenoxy) is 1. The summed E-state index contributed by atoms with van der Waals surface area (Å²) in [7, 11) is 0. The Morgan fingerprint density at radius 2 is 1.90 bits per heavy atom. The molecule has 0 saturated carbocycles. The van der Waals surface area contributed by atoms with E-state index in [1.165, 1.54) is 0 Å². The molecule has 2 atom stereocenters. The van der Waals surface area contributed by atoms with Gasteiger partial charge in [-0.25, -0.2) is 4.79 Å². The topological polar surface area (TPSA) is 50.7 Å². The SMILES string of the molecule is Cc1ccc(C2(C(=O)OCc3ccccc3)NCCC3C2=Nc2ccc(Cl)cc23)cc1. The first-order valence-corrected chi connectivity index (χ1v) is 10.9. The predicted molar refractivity (Wildman–Crippen MR) is 123 cm³/mol. The number of hydrogen-bond acceptors (Lipinski definition) is 4. The number of esters is 1. The van der Waals surface area contributed by atoms with Gasteiger partial charge in [0.25, 0.3) is 0 Å². The molecule has 2 aliphatic rings. The zero-order valence-electron chi connectivity index (χ0n) is 17.3. The summed E-state index contributed by atoms with van der Waals surface area (Å²) in [5.41, 5.74) is 4.54. The number of carbonyl (C=O) groups excluding carboxylic acids is 1. The van der Waals surface area contributed by atoms with Gasteiger partial charge in [0.2, 0.25) is 0 Å². The van der Waals surface area contributed by atoms with E-state index in [9.17, 15) is 4.79 Å². The lowest BCUT2D eigenvalue weighted by atomic mass is 9.74. The summed E-state index contributed by atoms with van der Waals surface area (Å²) in [6.07, 6.45) is 0.853. The molecule has 0 aromatic heterocycles. The molecule has 1 saturated heterocycles. The quantitative estimate of drug-likeness (QED) is 0.560. The van der Waals surface area contributed by atoms with Gasteiger partial charge < -0.3 is 4.74 Å². The fourth-order valence-corrected chi connectivity index (χ4v) is 4.75. The number of fused-ring (bicyclic) bond motifs is 3. The van der Waals surface area contributed by atoms with Crippen LogP contribution in [0.4, 0.5) is 5.69 Å². The Labute approximate surface area is 186 Å². The van der Waals surface area contributed by atoms with E-state index in [0.717, 1.165) is 40.1 Å². The Morgan fingerprint density at radius 1 is 1.13 bits per heavy atom. The molecule has 5 heteroatoms. The highest BCUT2D eigenvalue weighted by Crippen LogP contribution is 2.47. The summed E-state index contributed by atoms with van der Waals surface area (Å²) < 4.78 is 5.88. The molecule has 5 rings (SSSR count). The summed E-state index contributed by atoms with van der Waals surface area (Å²) in [5.74, 6) is -0.303. The maximum atomic E-state index is 13.7. The first kappa shape index (κ1) is 20.0. The molecule has 2 unspecified atom stereocenters. The number of rotatable bonds is 4. The van der Waals surface area contributed by atoms with Gasteiger partial charge in [-0.2, -0.15) is 0 Å². The van der Waals surface area contributed by atoms with Crippen LogP contribution in [-0.2, 0) is 21.7 Å². The van der Waals surface area contributed by atoms with Crippen molar-refractivity contribution >= 4 is 29.0 Å². The summed E-state index contributed by atoms with van der Waals surface area (Å²) in [6, 6.07) is 23.5.